The zero-order chi connectivity index (χ0) is 11.2. The molecule has 0 saturated carbocycles. The van der Waals surface area contributed by atoms with Crippen molar-refractivity contribution in [3.05, 3.63) is 18.0 Å². The molecule has 88 valence electrons. The third-order valence-corrected chi connectivity index (χ3v) is 2.46. The quantitative estimate of drug-likeness (QED) is 0.752. The largest absolute Gasteiger partial charge is 0.464 e. The summed E-state index contributed by atoms with van der Waals surface area (Å²) in [6.45, 7) is 7.00. The molecule has 1 aromatic rings. The molecule has 16 heavy (non-hydrogen) atoms. The lowest BCUT2D eigenvalue weighted by atomic mass is 10.3. The highest BCUT2D eigenvalue weighted by atomic mass is 16.5. The summed E-state index contributed by atoms with van der Waals surface area (Å²) in [7, 11) is 0. The van der Waals surface area contributed by atoms with Gasteiger partial charge in [0.15, 0.2) is 0 Å². The first-order chi connectivity index (χ1) is 7.88. The Kier molecular flexibility index (Phi) is 4.07. The highest BCUT2D eigenvalue weighted by Crippen LogP contribution is 2.07. The summed E-state index contributed by atoms with van der Waals surface area (Å²) in [5.74, 6) is 0. The number of nitrogens with zero attached hydrogens (tertiary/aromatic N) is 3. The van der Waals surface area contributed by atoms with E-state index in [1.54, 1.807) is 0 Å². The van der Waals surface area contributed by atoms with Crippen LogP contribution in [0.25, 0.3) is 0 Å². The minimum Gasteiger partial charge on any atom is -0.464 e. The van der Waals surface area contributed by atoms with Gasteiger partial charge >= 0.3 is 6.01 Å². The highest BCUT2D eigenvalue weighted by molar-refractivity contribution is 5.07. The smallest absolute Gasteiger partial charge is 0.316 e. The van der Waals surface area contributed by atoms with Crippen LogP contribution in [0.4, 0.5) is 0 Å². The van der Waals surface area contributed by atoms with E-state index in [-0.39, 0.29) is 0 Å². The lowest BCUT2D eigenvalue weighted by Crippen LogP contribution is -2.35. The maximum Gasteiger partial charge on any atom is 0.316 e. The van der Waals surface area contributed by atoms with E-state index in [0.717, 1.165) is 38.4 Å². The van der Waals surface area contributed by atoms with Crippen molar-refractivity contribution in [2.45, 2.75) is 13.5 Å². The van der Waals surface area contributed by atoms with E-state index in [1.807, 2.05) is 19.3 Å². The Bertz CT molecular complexity index is 310. The predicted molar refractivity (Wildman–Crippen MR) is 59.3 cm³/mol. The Morgan fingerprint density at radius 2 is 2.00 bits per heavy atom. The van der Waals surface area contributed by atoms with Crippen LogP contribution in [0.15, 0.2) is 12.4 Å². The molecule has 1 aliphatic rings. The maximum absolute atomic E-state index is 5.30. The van der Waals surface area contributed by atoms with Crippen molar-refractivity contribution in [3.8, 4) is 6.01 Å². The van der Waals surface area contributed by atoms with Gasteiger partial charge in [0.25, 0.3) is 0 Å². The lowest BCUT2D eigenvalue weighted by Gasteiger charge is -2.26. The van der Waals surface area contributed by atoms with Gasteiger partial charge in [-0.3, -0.25) is 4.90 Å². The SMILES string of the molecule is CCOc1ncc(CN2CCOCC2)cn1. The van der Waals surface area contributed by atoms with Crippen molar-refractivity contribution in [2.75, 3.05) is 32.9 Å². The van der Waals surface area contributed by atoms with Crippen molar-refractivity contribution < 1.29 is 9.47 Å². The molecule has 0 radical (unpaired) electrons. The Morgan fingerprint density at radius 1 is 1.31 bits per heavy atom. The van der Waals surface area contributed by atoms with Crippen molar-refractivity contribution in [1.29, 1.82) is 0 Å². The molecule has 0 aromatic carbocycles. The number of aromatic nitrogens is 2. The zero-order valence-corrected chi connectivity index (χ0v) is 9.56. The van der Waals surface area contributed by atoms with Gasteiger partial charge in [-0.05, 0) is 6.92 Å². The molecular formula is C11H17N3O2. The lowest BCUT2D eigenvalue weighted by molar-refractivity contribution is 0.0341. The van der Waals surface area contributed by atoms with E-state index in [0.29, 0.717) is 12.6 Å². The van der Waals surface area contributed by atoms with E-state index in [4.69, 9.17) is 9.47 Å². The maximum atomic E-state index is 5.30. The van der Waals surface area contributed by atoms with Gasteiger partial charge in [0.1, 0.15) is 0 Å². The Balaban J connectivity index is 1.88. The minimum absolute atomic E-state index is 0.452. The van der Waals surface area contributed by atoms with E-state index in [9.17, 15) is 0 Å². The van der Waals surface area contributed by atoms with Gasteiger partial charge in [0.05, 0.1) is 19.8 Å². The van der Waals surface area contributed by atoms with E-state index >= 15 is 0 Å². The van der Waals surface area contributed by atoms with Crippen LogP contribution in [0, 0.1) is 0 Å². The molecule has 0 aliphatic carbocycles. The van der Waals surface area contributed by atoms with Crippen LogP contribution in [0.5, 0.6) is 6.01 Å². The molecule has 1 saturated heterocycles. The normalized spacial score (nSPS) is 17.3. The summed E-state index contributed by atoms with van der Waals surface area (Å²) < 4.78 is 10.5. The molecule has 1 fully saturated rings. The molecule has 0 bridgehead atoms. The molecule has 5 heteroatoms. The second-order valence-electron chi connectivity index (χ2n) is 3.70. The van der Waals surface area contributed by atoms with Crippen LogP contribution in [-0.2, 0) is 11.3 Å². The first kappa shape index (κ1) is 11.3. The van der Waals surface area contributed by atoms with E-state index in [1.165, 1.54) is 0 Å². The fourth-order valence-electron chi connectivity index (χ4n) is 1.65. The van der Waals surface area contributed by atoms with Gasteiger partial charge in [-0.25, -0.2) is 9.97 Å². The van der Waals surface area contributed by atoms with Crippen LogP contribution in [0.2, 0.25) is 0 Å². The van der Waals surface area contributed by atoms with Crippen LogP contribution in [0.1, 0.15) is 12.5 Å². The fraction of sp³-hybridized carbons (Fsp3) is 0.636. The minimum atomic E-state index is 0.452. The summed E-state index contributed by atoms with van der Waals surface area (Å²) in [5.41, 5.74) is 1.12. The Morgan fingerprint density at radius 3 is 2.62 bits per heavy atom. The monoisotopic (exact) mass is 223 g/mol. The highest BCUT2D eigenvalue weighted by Gasteiger charge is 2.10. The average molecular weight is 223 g/mol. The van der Waals surface area contributed by atoms with Gasteiger partial charge in [-0.2, -0.15) is 0 Å². The summed E-state index contributed by atoms with van der Waals surface area (Å²) in [4.78, 5) is 10.6. The van der Waals surface area contributed by atoms with Crippen molar-refractivity contribution in [3.63, 3.8) is 0 Å². The molecule has 1 aromatic heterocycles. The second-order valence-corrected chi connectivity index (χ2v) is 3.70. The van der Waals surface area contributed by atoms with Crippen LogP contribution in [0.3, 0.4) is 0 Å². The van der Waals surface area contributed by atoms with Gasteiger partial charge in [0, 0.05) is 37.6 Å². The number of rotatable bonds is 4. The molecule has 0 atom stereocenters. The van der Waals surface area contributed by atoms with Gasteiger partial charge < -0.3 is 9.47 Å². The zero-order valence-electron chi connectivity index (χ0n) is 9.56. The number of hydrogen-bond donors (Lipinski definition) is 0. The number of morpholine rings is 1. The Labute approximate surface area is 95.4 Å². The molecule has 0 unspecified atom stereocenters. The van der Waals surface area contributed by atoms with Gasteiger partial charge in [0.2, 0.25) is 0 Å². The summed E-state index contributed by atoms with van der Waals surface area (Å²) in [6.07, 6.45) is 3.65. The molecule has 2 heterocycles. The molecular weight excluding hydrogens is 206 g/mol. The average Bonchev–Trinajstić information content (AvgIpc) is 2.33. The van der Waals surface area contributed by atoms with E-state index in [2.05, 4.69) is 14.9 Å². The van der Waals surface area contributed by atoms with Crippen LogP contribution >= 0.6 is 0 Å². The first-order valence-corrected chi connectivity index (χ1v) is 5.62. The molecule has 5 nitrogen and oxygen atoms in total. The van der Waals surface area contributed by atoms with E-state index < -0.39 is 0 Å². The topological polar surface area (TPSA) is 47.5 Å². The second kappa shape index (κ2) is 5.77. The van der Waals surface area contributed by atoms with Crippen molar-refractivity contribution in [2.24, 2.45) is 0 Å². The third-order valence-electron chi connectivity index (χ3n) is 2.46. The molecule has 1 aliphatic heterocycles. The van der Waals surface area contributed by atoms with Gasteiger partial charge in [-0.15, -0.1) is 0 Å². The van der Waals surface area contributed by atoms with Crippen molar-refractivity contribution in [1.82, 2.24) is 14.9 Å². The van der Waals surface area contributed by atoms with Gasteiger partial charge in [-0.1, -0.05) is 0 Å². The van der Waals surface area contributed by atoms with Crippen LogP contribution in [-0.4, -0.2) is 47.8 Å². The molecule has 0 N–H and O–H groups in total. The number of ether oxygens (including phenoxy) is 2. The molecule has 0 amide bonds. The molecule has 2 rings (SSSR count). The summed E-state index contributed by atoms with van der Waals surface area (Å²) in [6, 6.07) is 0.452. The van der Waals surface area contributed by atoms with Crippen LogP contribution < -0.4 is 4.74 Å². The summed E-state index contributed by atoms with van der Waals surface area (Å²) in [5, 5.41) is 0. The van der Waals surface area contributed by atoms with Crippen molar-refractivity contribution >= 4 is 0 Å². The molecule has 0 spiro atoms. The third kappa shape index (κ3) is 3.15. The predicted octanol–water partition coefficient (Wildman–Crippen LogP) is 0.707. The Hall–Kier alpha value is -1.20. The summed E-state index contributed by atoms with van der Waals surface area (Å²) >= 11 is 0. The number of hydrogen-bond acceptors (Lipinski definition) is 5. The fourth-order valence-corrected chi connectivity index (χ4v) is 1.65. The first-order valence-electron chi connectivity index (χ1n) is 5.62. The standard InChI is InChI=1S/C11H17N3O2/c1-2-16-11-12-7-10(8-13-11)9-14-3-5-15-6-4-14/h7-8H,2-6,9H2,1H3.